The van der Waals surface area contributed by atoms with E-state index in [4.69, 9.17) is 0 Å². The van der Waals surface area contributed by atoms with Crippen LogP contribution >= 0.6 is 34.9 Å². The number of hydrogen-bond donors (Lipinski definition) is 1. The number of aromatic nitrogens is 2. The molecule has 0 saturated heterocycles. The highest BCUT2D eigenvalue weighted by Gasteiger charge is 2.09. The Bertz CT molecular complexity index is 670. The van der Waals surface area contributed by atoms with Gasteiger partial charge in [-0.25, -0.2) is 0 Å². The van der Waals surface area contributed by atoms with Crippen LogP contribution in [0.5, 0.6) is 0 Å². The zero-order valence-corrected chi connectivity index (χ0v) is 14.9. The molecule has 2 rings (SSSR count). The molecule has 1 heterocycles. The molecule has 0 saturated carbocycles. The lowest BCUT2D eigenvalue weighted by molar-refractivity contribution is -0.113. The molecule has 1 amide bonds. The maximum Gasteiger partial charge on any atom is 0.234 e. The maximum atomic E-state index is 12.0. The maximum absolute atomic E-state index is 12.0. The van der Waals surface area contributed by atoms with Gasteiger partial charge in [-0.15, -0.1) is 10.2 Å². The van der Waals surface area contributed by atoms with Gasteiger partial charge in [-0.2, -0.15) is 0 Å². The summed E-state index contributed by atoms with van der Waals surface area (Å²) in [5.41, 5.74) is 3.00. The average Bonchev–Trinajstić information content (AvgIpc) is 2.93. The molecule has 1 aromatic carbocycles. The Balaban J connectivity index is 1.81. The van der Waals surface area contributed by atoms with Crippen molar-refractivity contribution in [3.8, 4) is 0 Å². The number of rotatable bonds is 7. The van der Waals surface area contributed by atoms with Gasteiger partial charge in [0.2, 0.25) is 5.91 Å². The molecule has 0 aliphatic carbocycles. The van der Waals surface area contributed by atoms with Crippen LogP contribution in [0, 0.1) is 6.92 Å². The summed E-state index contributed by atoms with van der Waals surface area (Å²) in [5, 5.41) is 11.1. The molecule has 1 aromatic heterocycles. The van der Waals surface area contributed by atoms with E-state index in [1.165, 1.54) is 23.1 Å². The van der Waals surface area contributed by atoms with Crippen LogP contribution in [0.2, 0.25) is 0 Å². The fourth-order valence-corrected chi connectivity index (χ4v) is 4.19. The van der Waals surface area contributed by atoms with Gasteiger partial charge in [-0.05, 0) is 25.5 Å². The van der Waals surface area contributed by atoms with Gasteiger partial charge >= 0.3 is 0 Å². The first kappa shape index (κ1) is 17.1. The Labute approximate surface area is 142 Å². The predicted molar refractivity (Wildman–Crippen MR) is 96.0 cm³/mol. The molecule has 1 N–H and O–H groups in total. The lowest BCUT2D eigenvalue weighted by atomic mass is 10.2. The quantitative estimate of drug-likeness (QED) is 0.597. The zero-order valence-electron chi connectivity index (χ0n) is 12.5. The Hall–Kier alpha value is -1.31. The van der Waals surface area contributed by atoms with Crippen LogP contribution in [0.3, 0.4) is 0 Å². The van der Waals surface area contributed by atoms with Crippen LogP contribution in [0.1, 0.15) is 12.5 Å². The normalized spacial score (nSPS) is 10.5. The van der Waals surface area contributed by atoms with E-state index in [9.17, 15) is 4.79 Å². The van der Waals surface area contributed by atoms with Crippen molar-refractivity contribution in [1.82, 2.24) is 10.2 Å². The van der Waals surface area contributed by atoms with Gasteiger partial charge in [-0.3, -0.25) is 4.79 Å². The summed E-state index contributed by atoms with van der Waals surface area (Å²) in [6.45, 7) is 7.82. The topological polar surface area (TPSA) is 54.9 Å². The van der Waals surface area contributed by atoms with Crippen LogP contribution in [0.25, 0.3) is 0 Å². The number of anilines is 1. The lowest BCUT2D eigenvalue weighted by Crippen LogP contribution is -2.14. The van der Waals surface area contributed by atoms with E-state index in [1.807, 2.05) is 38.1 Å². The van der Waals surface area contributed by atoms with Crippen molar-refractivity contribution in [3.05, 3.63) is 42.0 Å². The highest BCUT2D eigenvalue weighted by Crippen LogP contribution is 2.29. The third-order valence-electron chi connectivity index (χ3n) is 2.58. The molecule has 0 aliphatic rings. The number of para-hydroxylation sites is 1. The Morgan fingerprint density at radius 3 is 2.50 bits per heavy atom. The van der Waals surface area contributed by atoms with Crippen LogP contribution in [-0.4, -0.2) is 27.6 Å². The van der Waals surface area contributed by atoms with Gasteiger partial charge in [0, 0.05) is 11.4 Å². The molecule has 0 unspecified atom stereocenters. The summed E-state index contributed by atoms with van der Waals surface area (Å²) in [6, 6.07) is 7.73. The number of amides is 1. The fourth-order valence-electron chi connectivity index (χ4n) is 1.53. The van der Waals surface area contributed by atoms with E-state index >= 15 is 0 Å². The van der Waals surface area contributed by atoms with Crippen molar-refractivity contribution in [2.75, 3.05) is 16.8 Å². The van der Waals surface area contributed by atoms with Crippen molar-refractivity contribution in [2.45, 2.75) is 22.5 Å². The number of carbonyl (C=O) groups is 1. The van der Waals surface area contributed by atoms with Crippen molar-refractivity contribution < 1.29 is 4.79 Å². The standard InChI is InChI=1S/C15H17N3OS3/c1-10(2)8-20-14-17-18-15(22-14)21-9-13(19)16-12-7-5-4-6-11(12)3/h4-7H,1,8-9H2,2-3H3,(H,16,19). The second-order valence-electron chi connectivity index (χ2n) is 4.73. The van der Waals surface area contributed by atoms with E-state index < -0.39 is 0 Å². The smallest absolute Gasteiger partial charge is 0.234 e. The summed E-state index contributed by atoms with van der Waals surface area (Å²) < 4.78 is 1.72. The first-order valence-electron chi connectivity index (χ1n) is 6.63. The number of hydrogen-bond acceptors (Lipinski definition) is 6. The summed E-state index contributed by atoms with van der Waals surface area (Å²) in [5.74, 6) is 1.13. The molecule has 4 nitrogen and oxygen atoms in total. The molecule has 0 bridgehead atoms. The van der Waals surface area contributed by atoms with Crippen molar-refractivity contribution in [1.29, 1.82) is 0 Å². The van der Waals surface area contributed by atoms with E-state index in [1.54, 1.807) is 11.8 Å². The van der Waals surface area contributed by atoms with E-state index in [0.717, 1.165) is 31.3 Å². The molecule has 7 heteroatoms. The van der Waals surface area contributed by atoms with Gasteiger partial charge in [-0.1, -0.05) is 65.2 Å². The molecule has 22 heavy (non-hydrogen) atoms. The highest BCUT2D eigenvalue weighted by atomic mass is 32.2. The molecular formula is C15H17N3OS3. The monoisotopic (exact) mass is 351 g/mol. The number of carbonyl (C=O) groups excluding carboxylic acids is 1. The minimum atomic E-state index is -0.0364. The number of aryl methyl sites for hydroxylation is 1. The minimum Gasteiger partial charge on any atom is -0.325 e. The molecular weight excluding hydrogens is 334 g/mol. The number of nitrogens with zero attached hydrogens (tertiary/aromatic N) is 2. The van der Waals surface area contributed by atoms with E-state index in [0.29, 0.717) is 5.75 Å². The Kier molecular flexibility index (Phi) is 6.48. The molecule has 0 spiro atoms. The Morgan fingerprint density at radius 1 is 1.23 bits per heavy atom. The third kappa shape index (κ3) is 5.47. The van der Waals surface area contributed by atoms with Crippen molar-refractivity contribution >= 4 is 46.5 Å². The Morgan fingerprint density at radius 2 is 1.86 bits per heavy atom. The van der Waals surface area contributed by atoms with E-state index in [-0.39, 0.29) is 5.91 Å². The van der Waals surface area contributed by atoms with Gasteiger partial charge in [0.15, 0.2) is 8.68 Å². The molecule has 0 radical (unpaired) electrons. The average molecular weight is 352 g/mol. The zero-order chi connectivity index (χ0) is 15.9. The molecule has 2 aromatic rings. The third-order valence-corrected chi connectivity index (χ3v) is 6.00. The molecule has 116 valence electrons. The highest BCUT2D eigenvalue weighted by molar-refractivity contribution is 8.03. The van der Waals surface area contributed by atoms with Gasteiger partial charge < -0.3 is 5.32 Å². The summed E-state index contributed by atoms with van der Waals surface area (Å²) in [4.78, 5) is 12.0. The van der Waals surface area contributed by atoms with Crippen LogP contribution in [0.15, 0.2) is 45.1 Å². The largest absolute Gasteiger partial charge is 0.325 e. The number of nitrogens with one attached hydrogen (secondary N) is 1. The second kappa shape index (κ2) is 8.36. The second-order valence-corrected chi connectivity index (χ2v) is 8.15. The molecule has 0 aliphatic heterocycles. The van der Waals surface area contributed by atoms with Crippen LogP contribution in [-0.2, 0) is 4.79 Å². The van der Waals surface area contributed by atoms with Gasteiger partial charge in [0.1, 0.15) is 0 Å². The van der Waals surface area contributed by atoms with Crippen molar-refractivity contribution in [2.24, 2.45) is 0 Å². The van der Waals surface area contributed by atoms with E-state index in [2.05, 4.69) is 22.1 Å². The SMILES string of the molecule is C=C(C)CSc1nnc(SCC(=O)Nc2ccccc2C)s1. The molecule has 0 fully saturated rings. The van der Waals surface area contributed by atoms with Gasteiger partial charge in [0.25, 0.3) is 0 Å². The van der Waals surface area contributed by atoms with Crippen LogP contribution in [0.4, 0.5) is 5.69 Å². The summed E-state index contributed by atoms with van der Waals surface area (Å²) in [6.07, 6.45) is 0. The first-order valence-corrected chi connectivity index (χ1v) is 9.42. The van der Waals surface area contributed by atoms with Gasteiger partial charge in [0.05, 0.1) is 5.75 Å². The molecule has 0 atom stereocenters. The minimum absolute atomic E-state index is 0.0364. The first-order chi connectivity index (χ1) is 10.5. The van der Waals surface area contributed by atoms with Crippen LogP contribution < -0.4 is 5.32 Å². The number of thioether (sulfide) groups is 2. The van der Waals surface area contributed by atoms with Crippen molar-refractivity contribution in [3.63, 3.8) is 0 Å². The predicted octanol–water partition coefficient (Wildman–Crippen LogP) is 4.25. The fraction of sp³-hybridized carbons (Fsp3) is 0.267. The summed E-state index contributed by atoms with van der Waals surface area (Å²) in [7, 11) is 0. The lowest BCUT2D eigenvalue weighted by Gasteiger charge is -2.06. The summed E-state index contributed by atoms with van der Waals surface area (Å²) >= 11 is 4.53. The number of benzene rings is 1.